The van der Waals surface area contributed by atoms with Gasteiger partial charge in [0.25, 0.3) is 0 Å². The molecule has 0 aliphatic heterocycles. The summed E-state index contributed by atoms with van der Waals surface area (Å²) >= 11 is 0. The second-order valence-corrected chi connectivity index (χ2v) is 12.3. The molecule has 33 heavy (non-hydrogen) atoms. The van der Waals surface area contributed by atoms with E-state index in [0.29, 0.717) is 11.8 Å². The van der Waals surface area contributed by atoms with Crippen LogP contribution in [-0.4, -0.2) is 26.0 Å². The Balaban J connectivity index is 1.21. The first-order valence-electron chi connectivity index (χ1n) is 13.2. The molecule has 4 aliphatic carbocycles. The number of hydrogen-bond acceptors (Lipinski definition) is 3. The summed E-state index contributed by atoms with van der Waals surface area (Å²) in [6.45, 7) is 6.44. The topological polar surface area (TPSA) is 66.6 Å². The highest BCUT2D eigenvalue weighted by molar-refractivity contribution is 5.93. The minimum Gasteiger partial charge on any atom is -0.390 e. The summed E-state index contributed by atoms with van der Waals surface area (Å²) in [5.74, 6) is 4.84. The van der Waals surface area contributed by atoms with Crippen molar-refractivity contribution in [2.24, 2.45) is 40.9 Å². The molecule has 4 saturated carbocycles. The van der Waals surface area contributed by atoms with Gasteiger partial charge in [0.05, 0.1) is 11.3 Å². The Morgan fingerprint density at radius 1 is 1.06 bits per heavy atom. The minimum absolute atomic E-state index is 0.0851. The van der Waals surface area contributed by atoms with Gasteiger partial charge in [-0.1, -0.05) is 13.0 Å². The first-order chi connectivity index (χ1) is 15.8. The second kappa shape index (κ2) is 7.56. The monoisotopic (exact) mass is 449 g/mol. The van der Waals surface area contributed by atoms with E-state index >= 15 is 0 Å². The SMILES string of the molecule is Cc1nc2ccccn2c1NC(=O)[C@H]1CC[C@H]2[C@@H]3CC[C@@H]4C[C@](C)(O)CC[C@@H]4[C@H]3CC[C@]12C. The van der Waals surface area contributed by atoms with Crippen LogP contribution in [0.5, 0.6) is 0 Å². The Morgan fingerprint density at radius 3 is 2.73 bits per heavy atom. The lowest BCUT2D eigenvalue weighted by atomic mass is 9.49. The van der Waals surface area contributed by atoms with Crippen molar-refractivity contribution in [1.29, 1.82) is 0 Å². The van der Waals surface area contributed by atoms with E-state index in [2.05, 4.69) is 17.2 Å². The zero-order valence-electron chi connectivity index (χ0n) is 20.4. The second-order valence-electron chi connectivity index (χ2n) is 12.3. The van der Waals surface area contributed by atoms with Gasteiger partial charge in [0, 0.05) is 12.1 Å². The molecule has 4 aliphatic rings. The molecule has 2 heterocycles. The van der Waals surface area contributed by atoms with E-state index in [1.54, 1.807) is 0 Å². The lowest BCUT2D eigenvalue weighted by Gasteiger charge is -2.56. The molecule has 6 rings (SSSR count). The smallest absolute Gasteiger partial charge is 0.229 e. The Hall–Kier alpha value is -1.88. The molecule has 4 fully saturated rings. The molecule has 0 bridgehead atoms. The van der Waals surface area contributed by atoms with Gasteiger partial charge < -0.3 is 10.4 Å². The van der Waals surface area contributed by atoms with Gasteiger partial charge in [-0.05, 0) is 119 Å². The molecule has 0 radical (unpaired) electrons. The summed E-state index contributed by atoms with van der Waals surface area (Å²) in [6, 6.07) is 5.95. The summed E-state index contributed by atoms with van der Waals surface area (Å²) in [6.07, 6.45) is 12.3. The third-order valence-electron chi connectivity index (χ3n) is 10.5. The van der Waals surface area contributed by atoms with Crippen molar-refractivity contribution in [3.05, 3.63) is 30.1 Å². The lowest BCUT2D eigenvalue weighted by molar-refractivity contribution is -0.129. The van der Waals surface area contributed by atoms with Crippen LogP contribution in [0.15, 0.2) is 24.4 Å². The lowest BCUT2D eigenvalue weighted by Crippen LogP contribution is -2.51. The van der Waals surface area contributed by atoms with Gasteiger partial charge in [0.2, 0.25) is 5.91 Å². The minimum atomic E-state index is -0.455. The molecule has 5 heteroatoms. The third kappa shape index (κ3) is 3.37. The summed E-state index contributed by atoms with van der Waals surface area (Å²) in [5.41, 5.74) is 1.41. The van der Waals surface area contributed by atoms with Crippen LogP contribution < -0.4 is 5.32 Å². The summed E-state index contributed by atoms with van der Waals surface area (Å²) in [7, 11) is 0. The van der Waals surface area contributed by atoms with Crippen molar-refractivity contribution in [2.45, 2.75) is 84.2 Å². The maximum Gasteiger partial charge on any atom is 0.229 e. The van der Waals surface area contributed by atoms with Crippen LogP contribution >= 0.6 is 0 Å². The molecular formula is C28H39N3O2. The van der Waals surface area contributed by atoms with Crippen molar-refractivity contribution >= 4 is 17.4 Å². The number of hydrogen-bond donors (Lipinski definition) is 2. The molecule has 0 unspecified atom stereocenters. The van der Waals surface area contributed by atoms with E-state index < -0.39 is 5.60 Å². The molecule has 0 saturated heterocycles. The first kappa shape index (κ1) is 21.6. The van der Waals surface area contributed by atoms with E-state index in [1.807, 2.05) is 42.6 Å². The number of pyridine rings is 1. The van der Waals surface area contributed by atoms with Gasteiger partial charge in [-0.3, -0.25) is 9.20 Å². The van der Waals surface area contributed by atoms with Crippen molar-refractivity contribution in [1.82, 2.24) is 9.38 Å². The van der Waals surface area contributed by atoms with Gasteiger partial charge >= 0.3 is 0 Å². The average Bonchev–Trinajstić information content (AvgIpc) is 3.29. The number of amides is 1. The van der Waals surface area contributed by atoms with E-state index in [9.17, 15) is 9.90 Å². The fourth-order valence-corrected chi connectivity index (χ4v) is 8.98. The summed E-state index contributed by atoms with van der Waals surface area (Å²) in [5, 5.41) is 13.9. The van der Waals surface area contributed by atoms with Gasteiger partial charge in [0.15, 0.2) is 0 Å². The molecule has 1 amide bonds. The third-order valence-corrected chi connectivity index (χ3v) is 10.5. The van der Waals surface area contributed by atoms with E-state index in [1.165, 1.54) is 38.5 Å². The fraction of sp³-hybridized carbons (Fsp3) is 0.714. The number of carbonyl (C=O) groups is 1. The van der Waals surface area contributed by atoms with Gasteiger partial charge in [0.1, 0.15) is 11.5 Å². The number of aryl methyl sites for hydroxylation is 1. The number of rotatable bonds is 2. The molecule has 2 aromatic heterocycles. The van der Waals surface area contributed by atoms with Crippen LogP contribution in [0.1, 0.15) is 77.3 Å². The van der Waals surface area contributed by atoms with Gasteiger partial charge in [-0.25, -0.2) is 4.98 Å². The van der Waals surface area contributed by atoms with Crippen LogP contribution in [0.2, 0.25) is 0 Å². The molecule has 5 nitrogen and oxygen atoms in total. The maximum absolute atomic E-state index is 13.6. The molecule has 0 aromatic carbocycles. The Labute approximate surface area is 197 Å². The highest BCUT2D eigenvalue weighted by Crippen LogP contribution is 2.64. The van der Waals surface area contributed by atoms with Crippen LogP contribution in [0.25, 0.3) is 5.65 Å². The van der Waals surface area contributed by atoms with Crippen LogP contribution in [-0.2, 0) is 4.79 Å². The summed E-state index contributed by atoms with van der Waals surface area (Å²) in [4.78, 5) is 18.3. The van der Waals surface area contributed by atoms with Crippen molar-refractivity contribution in [3.8, 4) is 0 Å². The van der Waals surface area contributed by atoms with Crippen molar-refractivity contribution < 1.29 is 9.90 Å². The van der Waals surface area contributed by atoms with Gasteiger partial charge in [-0.2, -0.15) is 0 Å². The van der Waals surface area contributed by atoms with Crippen LogP contribution in [0.4, 0.5) is 5.82 Å². The number of aromatic nitrogens is 2. The number of aliphatic hydroxyl groups is 1. The van der Waals surface area contributed by atoms with E-state index in [-0.39, 0.29) is 17.2 Å². The number of nitrogens with one attached hydrogen (secondary N) is 1. The molecule has 2 aromatic rings. The standard InChI is InChI=1S/C28H39N3O2/c1-17-25(31-15-5-4-6-24(31)29-17)30-26(32)23-10-9-22-21-8-7-18-16-27(2,33)13-11-19(18)20(21)12-14-28(22,23)3/h4-6,15,18-23,33H,7-14,16H2,1-3H3,(H,30,32)/t18-,19+,20-,21-,22+,23-,27-,28+/m1/s1. The predicted octanol–water partition coefficient (Wildman–Crippen LogP) is 5.60. The van der Waals surface area contributed by atoms with Crippen molar-refractivity contribution in [2.75, 3.05) is 5.32 Å². The molecule has 178 valence electrons. The highest BCUT2D eigenvalue weighted by Gasteiger charge is 2.59. The molecular weight excluding hydrogens is 410 g/mol. The zero-order chi connectivity index (χ0) is 23.0. The number of anilines is 1. The average molecular weight is 450 g/mol. The fourth-order valence-electron chi connectivity index (χ4n) is 8.98. The first-order valence-corrected chi connectivity index (χ1v) is 13.2. The molecule has 8 atom stereocenters. The van der Waals surface area contributed by atoms with Crippen LogP contribution in [0.3, 0.4) is 0 Å². The van der Waals surface area contributed by atoms with Crippen LogP contribution in [0, 0.1) is 47.8 Å². The Morgan fingerprint density at radius 2 is 1.88 bits per heavy atom. The highest BCUT2D eigenvalue weighted by atomic mass is 16.3. The maximum atomic E-state index is 13.6. The number of nitrogens with zero attached hydrogens (tertiary/aromatic N) is 2. The normalized spacial score (nSPS) is 42.4. The number of carbonyl (C=O) groups excluding carboxylic acids is 1. The van der Waals surface area contributed by atoms with Crippen molar-refractivity contribution in [3.63, 3.8) is 0 Å². The largest absolute Gasteiger partial charge is 0.390 e. The quantitative estimate of drug-likeness (QED) is 0.627. The molecule has 0 spiro atoms. The molecule has 2 N–H and O–H groups in total. The summed E-state index contributed by atoms with van der Waals surface area (Å²) < 4.78 is 2.00. The van der Waals surface area contributed by atoms with E-state index in [4.69, 9.17) is 0 Å². The Bertz CT molecular complexity index is 1070. The van der Waals surface area contributed by atoms with Gasteiger partial charge in [-0.15, -0.1) is 0 Å². The number of imidazole rings is 1. The predicted molar refractivity (Wildman–Crippen MR) is 130 cm³/mol. The number of fused-ring (bicyclic) bond motifs is 6. The zero-order valence-corrected chi connectivity index (χ0v) is 20.4. The van der Waals surface area contributed by atoms with E-state index in [0.717, 1.165) is 54.2 Å². The Kier molecular flexibility index (Phi) is 4.96.